The molecule has 2 heterocycles. The first-order valence-electron chi connectivity index (χ1n) is 9.92. The summed E-state index contributed by atoms with van der Waals surface area (Å²) in [7, 11) is 0. The number of anilines is 1. The fraction of sp³-hybridized carbons (Fsp3) is 0.227. The molecule has 2 aromatic heterocycles. The number of aromatic nitrogens is 2. The lowest BCUT2D eigenvalue weighted by molar-refractivity contribution is -0.124. The number of carbonyl (C=O) groups excluding carboxylic acids is 3. The molecule has 0 fully saturated rings. The highest BCUT2D eigenvalue weighted by molar-refractivity contribution is 7.13. The minimum atomic E-state index is -0.806. The van der Waals surface area contributed by atoms with Crippen LogP contribution < -0.4 is 21.5 Å². The van der Waals surface area contributed by atoms with Crippen LogP contribution in [0.2, 0.25) is 0 Å². The van der Waals surface area contributed by atoms with Crippen LogP contribution in [0.15, 0.2) is 58.7 Å². The van der Waals surface area contributed by atoms with Crippen molar-refractivity contribution in [3.63, 3.8) is 0 Å². The molecule has 1 atom stereocenters. The number of amides is 3. The highest BCUT2D eigenvalue weighted by atomic mass is 32.1. The fourth-order valence-corrected chi connectivity index (χ4v) is 3.58. The summed E-state index contributed by atoms with van der Waals surface area (Å²) in [6.45, 7) is 3.40. The first-order valence-corrected chi connectivity index (χ1v) is 10.8. The van der Waals surface area contributed by atoms with Gasteiger partial charge in [0.2, 0.25) is 11.8 Å². The predicted octanol–water partition coefficient (Wildman–Crippen LogP) is 2.04. The Morgan fingerprint density at radius 3 is 2.41 bits per heavy atom. The van der Waals surface area contributed by atoms with E-state index in [9.17, 15) is 19.2 Å². The molecule has 32 heavy (non-hydrogen) atoms. The molecule has 3 amide bonds. The topological polar surface area (TPSA) is 122 Å². The van der Waals surface area contributed by atoms with Crippen LogP contribution >= 0.6 is 11.3 Å². The molecule has 0 saturated carbocycles. The smallest absolute Gasteiger partial charge is 0.267 e. The lowest BCUT2D eigenvalue weighted by Gasteiger charge is -2.15. The average Bonchev–Trinajstić information content (AvgIpc) is 3.31. The Bertz CT molecular complexity index is 1160. The molecule has 0 radical (unpaired) electrons. The summed E-state index contributed by atoms with van der Waals surface area (Å²) in [5, 5.41) is 14.3. The second-order valence-corrected chi connectivity index (χ2v) is 7.91. The molecule has 1 aromatic carbocycles. The van der Waals surface area contributed by atoms with E-state index in [1.807, 2.05) is 17.5 Å². The minimum Gasteiger partial charge on any atom is -0.352 e. The van der Waals surface area contributed by atoms with Gasteiger partial charge in [0.05, 0.1) is 4.88 Å². The molecular formula is C22H23N5O4S. The van der Waals surface area contributed by atoms with Crippen LogP contribution in [0, 0.1) is 0 Å². The molecule has 9 nitrogen and oxygen atoms in total. The Hall–Kier alpha value is -3.79. The quantitative estimate of drug-likeness (QED) is 0.451. The normalized spacial score (nSPS) is 11.4. The van der Waals surface area contributed by atoms with E-state index in [0.717, 1.165) is 9.56 Å². The molecule has 0 saturated heterocycles. The van der Waals surface area contributed by atoms with Crippen molar-refractivity contribution < 1.29 is 14.4 Å². The molecule has 3 rings (SSSR count). The van der Waals surface area contributed by atoms with Gasteiger partial charge in [-0.25, -0.2) is 4.68 Å². The van der Waals surface area contributed by atoms with E-state index >= 15 is 0 Å². The maximum atomic E-state index is 12.5. The third-order valence-corrected chi connectivity index (χ3v) is 5.41. The Kier molecular flexibility index (Phi) is 7.50. The van der Waals surface area contributed by atoms with Gasteiger partial charge in [0.25, 0.3) is 11.5 Å². The zero-order chi connectivity index (χ0) is 23.1. The summed E-state index contributed by atoms with van der Waals surface area (Å²) in [6, 6.07) is 12.5. The number of rotatable bonds is 8. The molecular weight excluding hydrogens is 430 g/mol. The third-order valence-electron chi connectivity index (χ3n) is 4.52. The number of hydrogen-bond acceptors (Lipinski definition) is 6. The van der Waals surface area contributed by atoms with Crippen molar-refractivity contribution >= 4 is 34.7 Å². The van der Waals surface area contributed by atoms with Crippen LogP contribution in [0.4, 0.5) is 5.69 Å². The number of thiophene rings is 1. The van der Waals surface area contributed by atoms with E-state index in [1.165, 1.54) is 24.3 Å². The van der Waals surface area contributed by atoms with E-state index < -0.39 is 6.04 Å². The summed E-state index contributed by atoms with van der Waals surface area (Å²) in [5.74, 6) is -0.872. The van der Waals surface area contributed by atoms with Crippen molar-refractivity contribution in [1.82, 2.24) is 20.4 Å². The Balaban J connectivity index is 1.50. The zero-order valence-corrected chi connectivity index (χ0v) is 18.4. The largest absolute Gasteiger partial charge is 0.352 e. The number of hydrogen-bond donors (Lipinski definition) is 3. The van der Waals surface area contributed by atoms with Gasteiger partial charge in [0, 0.05) is 37.3 Å². The first-order chi connectivity index (χ1) is 15.3. The lowest BCUT2D eigenvalue weighted by atomic mass is 10.2. The molecule has 10 heteroatoms. The van der Waals surface area contributed by atoms with Gasteiger partial charge in [-0.2, -0.15) is 5.10 Å². The Labute approximate surface area is 188 Å². The summed E-state index contributed by atoms with van der Waals surface area (Å²) in [6.07, 6.45) is 0. The number of nitrogens with zero attached hydrogens (tertiary/aromatic N) is 2. The van der Waals surface area contributed by atoms with Crippen molar-refractivity contribution in [2.45, 2.75) is 19.9 Å². The van der Waals surface area contributed by atoms with Gasteiger partial charge in [-0.3, -0.25) is 19.2 Å². The average molecular weight is 454 g/mol. The van der Waals surface area contributed by atoms with Gasteiger partial charge in [-0.1, -0.05) is 6.07 Å². The van der Waals surface area contributed by atoms with E-state index in [-0.39, 0.29) is 36.4 Å². The highest BCUT2D eigenvalue weighted by Crippen LogP contribution is 2.21. The maximum absolute atomic E-state index is 12.5. The van der Waals surface area contributed by atoms with Gasteiger partial charge in [-0.05, 0) is 48.7 Å². The fourth-order valence-electron chi connectivity index (χ4n) is 2.89. The van der Waals surface area contributed by atoms with Crippen LogP contribution in [0.3, 0.4) is 0 Å². The predicted molar refractivity (Wildman–Crippen MR) is 123 cm³/mol. The summed E-state index contributed by atoms with van der Waals surface area (Å²) < 4.78 is 1.15. The second kappa shape index (κ2) is 10.5. The van der Waals surface area contributed by atoms with Gasteiger partial charge in [0.1, 0.15) is 11.7 Å². The van der Waals surface area contributed by atoms with Gasteiger partial charge in [-0.15, -0.1) is 11.3 Å². The van der Waals surface area contributed by atoms with Gasteiger partial charge >= 0.3 is 0 Å². The molecule has 1 unspecified atom stereocenters. The zero-order valence-electron chi connectivity index (χ0n) is 17.6. The van der Waals surface area contributed by atoms with E-state index in [2.05, 4.69) is 21.0 Å². The van der Waals surface area contributed by atoms with E-state index in [0.29, 0.717) is 16.9 Å². The van der Waals surface area contributed by atoms with Gasteiger partial charge in [0.15, 0.2) is 0 Å². The van der Waals surface area contributed by atoms with Crippen LogP contribution in [-0.4, -0.2) is 40.6 Å². The maximum Gasteiger partial charge on any atom is 0.267 e. The lowest BCUT2D eigenvalue weighted by Crippen LogP contribution is -2.40. The van der Waals surface area contributed by atoms with Crippen molar-refractivity contribution in [2.75, 3.05) is 18.4 Å². The van der Waals surface area contributed by atoms with Crippen LogP contribution in [0.1, 0.15) is 30.2 Å². The first kappa shape index (κ1) is 22.9. The minimum absolute atomic E-state index is 0.192. The monoisotopic (exact) mass is 453 g/mol. The van der Waals surface area contributed by atoms with Crippen molar-refractivity contribution in [2.24, 2.45) is 0 Å². The SMILES string of the molecule is CC(=O)Nc1ccc(C(=O)NCCNC(=O)C(C)n2nc(-c3cccs3)ccc2=O)cc1. The highest BCUT2D eigenvalue weighted by Gasteiger charge is 2.18. The summed E-state index contributed by atoms with van der Waals surface area (Å²) >= 11 is 1.49. The molecule has 0 aliphatic heterocycles. The molecule has 0 aliphatic rings. The summed E-state index contributed by atoms with van der Waals surface area (Å²) in [4.78, 5) is 48.8. The Morgan fingerprint density at radius 1 is 1.03 bits per heavy atom. The summed E-state index contributed by atoms with van der Waals surface area (Å²) in [5.41, 5.74) is 1.28. The third kappa shape index (κ3) is 5.88. The molecule has 166 valence electrons. The van der Waals surface area contributed by atoms with Crippen LogP contribution in [-0.2, 0) is 9.59 Å². The standard InChI is InChI=1S/C22H23N5O4S/c1-14(27-20(29)10-9-18(26-27)19-4-3-13-32-19)21(30)23-11-12-24-22(31)16-5-7-17(8-6-16)25-15(2)28/h3-10,13-14H,11-12H2,1-2H3,(H,23,30)(H,24,31)(H,25,28). The van der Waals surface area contributed by atoms with Crippen molar-refractivity contribution in [3.8, 4) is 10.6 Å². The molecule has 0 spiro atoms. The molecule has 0 bridgehead atoms. The molecule has 3 aromatic rings. The van der Waals surface area contributed by atoms with Crippen molar-refractivity contribution in [1.29, 1.82) is 0 Å². The van der Waals surface area contributed by atoms with Crippen LogP contribution in [0.5, 0.6) is 0 Å². The van der Waals surface area contributed by atoms with E-state index in [4.69, 9.17) is 0 Å². The van der Waals surface area contributed by atoms with Crippen LogP contribution in [0.25, 0.3) is 10.6 Å². The molecule has 0 aliphatic carbocycles. The number of carbonyl (C=O) groups is 3. The van der Waals surface area contributed by atoms with Crippen molar-refractivity contribution in [3.05, 3.63) is 69.8 Å². The number of nitrogens with one attached hydrogen (secondary N) is 3. The second-order valence-electron chi connectivity index (χ2n) is 6.96. The number of benzene rings is 1. The van der Waals surface area contributed by atoms with E-state index in [1.54, 1.807) is 37.3 Å². The molecule has 3 N–H and O–H groups in total. The van der Waals surface area contributed by atoms with Gasteiger partial charge < -0.3 is 16.0 Å². The Morgan fingerprint density at radius 2 is 1.75 bits per heavy atom.